The van der Waals surface area contributed by atoms with E-state index in [1.165, 1.54) is 5.56 Å². The van der Waals surface area contributed by atoms with Crippen LogP contribution in [0.15, 0.2) is 54.6 Å². The first-order chi connectivity index (χ1) is 10.4. The monoisotopic (exact) mass is 281 g/mol. The van der Waals surface area contributed by atoms with E-state index in [4.69, 9.17) is 0 Å². The molecule has 0 aliphatic heterocycles. The first-order valence-corrected chi connectivity index (χ1v) is 7.21. The van der Waals surface area contributed by atoms with Crippen molar-refractivity contribution in [2.24, 2.45) is 0 Å². The summed E-state index contributed by atoms with van der Waals surface area (Å²) in [5.74, 6) is 0.821. The minimum absolute atomic E-state index is 0.117. The Balaban J connectivity index is 1.77. The number of aromatic amines is 1. The van der Waals surface area contributed by atoms with Gasteiger partial charge in [-0.3, -0.25) is 0 Å². The van der Waals surface area contributed by atoms with Crippen LogP contribution in [0.25, 0.3) is 11.0 Å². The standard InChI is InChI=1S/C17H19N3O/c21-13-12-20(11-10-14-6-2-1-3-7-14)17-18-15-8-4-5-9-16(15)19-17/h1-9,21H,10-13H2,(H,18,19). The zero-order valence-corrected chi connectivity index (χ0v) is 11.9. The second kappa shape index (κ2) is 6.41. The average molecular weight is 281 g/mol. The lowest BCUT2D eigenvalue weighted by Gasteiger charge is -2.20. The van der Waals surface area contributed by atoms with Gasteiger partial charge >= 0.3 is 0 Å². The van der Waals surface area contributed by atoms with E-state index in [9.17, 15) is 5.11 Å². The first kappa shape index (κ1) is 13.6. The fourth-order valence-corrected chi connectivity index (χ4v) is 2.44. The van der Waals surface area contributed by atoms with Crippen LogP contribution in [0.1, 0.15) is 5.56 Å². The summed E-state index contributed by atoms with van der Waals surface area (Å²) in [6.07, 6.45) is 0.928. The molecule has 2 N–H and O–H groups in total. The Morgan fingerprint density at radius 3 is 2.48 bits per heavy atom. The van der Waals surface area contributed by atoms with Gasteiger partial charge in [0.1, 0.15) is 0 Å². The van der Waals surface area contributed by atoms with Crippen LogP contribution in [0.4, 0.5) is 5.95 Å². The van der Waals surface area contributed by atoms with Crippen molar-refractivity contribution in [1.29, 1.82) is 0 Å². The molecule has 0 aliphatic carbocycles. The van der Waals surface area contributed by atoms with Gasteiger partial charge in [0.15, 0.2) is 0 Å². The van der Waals surface area contributed by atoms with Crippen LogP contribution in [-0.4, -0.2) is 34.8 Å². The number of benzene rings is 2. The lowest BCUT2D eigenvalue weighted by Crippen LogP contribution is -2.29. The molecular weight excluding hydrogens is 262 g/mol. The molecule has 0 aliphatic rings. The molecule has 0 unspecified atom stereocenters. The molecule has 0 fully saturated rings. The molecule has 21 heavy (non-hydrogen) atoms. The van der Waals surface area contributed by atoms with Gasteiger partial charge in [0.2, 0.25) is 5.95 Å². The summed E-state index contributed by atoms with van der Waals surface area (Å²) in [6, 6.07) is 18.3. The van der Waals surface area contributed by atoms with Crippen LogP contribution < -0.4 is 4.90 Å². The smallest absolute Gasteiger partial charge is 0.203 e. The van der Waals surface area contributed by atoms with Gasteiger partial charge in [0.25, 0.3) is 0 Å². The van der Waals surface area contributed by atoms with Crippen LogP contribution in [-0.2, 0) is 6.42 Å². The lowest BCUT2D eigenvalue weighted by atomic mass is 10.1. The predicted octanol–water partition coefficient (Wildman–Crippen LogP) is 2.60. The van der Waals surface area contributed by atoms with Crippen molar-refractivity contribution >= 4 is 17.0 Å². The van der Waals surface area contributed by atoms with Gasteiger partial charge in [-0.1, -0.05) is 42.5 Å². The molecule has 0 radical (unpaired) electrons. The van der Waals surface area contributed by atoms with Gasteiger partial charge in [0.05, 0.1) is 17.6 Å². The Morgan fingerprint density at radius 2 is 1.71 bits per heavy atom. The molecule has 2 aromatic carbocycles. The van der Waals surface area contributed by atoms with Gasteiger partial charge in [-0.25, -0.2) is 4.98 Å². The van der Waals surface area contributed by atoms with Crippen molar-refractivity contribution in [2.75, 3.05) is 24.6 Å². The number of nitrogens with zero attached hydrogens (tertiary/aromatic N) is 2. The zero-order chi connectivity index (χ0) is 14.5. The van der Waals surface area contributed by atoms with Crippen molar-refractivity contribution in [3.8, 4) is 0 Å². The molecule has 1 heterocycles. The van der Waals surface area contributed by atoms with Gasteiger partial charge in [-0.15, -0.1) is 0 Å². The molecule has 0 bridgehead atoms. The third-order valence-corrected chi connectivity index (χ3v) is 3.56. The van der Waals surface area contributed by atoms with Crippen molar-refractivity contribution in [3.05, 3.63) is 60.2 Å². The molecule has 0 spiro atoms. The van der Waals surface area contributed by atoms with Crippen LogP contribution in [0, 0.1) is 0 Å². The van der Waals surface area contributed by atoms with E-state index in [2.05, 4.69) is 27.0 Å². The van der Waals surface area contributed by atoms with Crippen molar-refractivity contribution in [2.45, 2.75) is 6.42 Å². The number of anilines is 1. The Labute approximate surface area is 124 Å². The maximum Gasteiger partial charge on any atom is 0.203 e. The Hall–Kier alpha value is -2.33. The van der Waals surface area contributed by atoms with E-state index in [0.29, 0.717) is 6.54 Å². The van der Waals surface area contributed by atoms with E-state index in [1.54, 1.807) is 0 Å². The third-order valence-electron chi connectivity index (χ3n) is 3.56. The highest BCUT2D eigenvalue weighted by atomic mass is 16.3. The fraction of sp³-hybridized carbons (Fsp3) is 0.235. The molecule has 0 saturated heterocycles. The molecule has 108 valence electrons. The van der Waals surface area contributed by atoms with Crippen molar-refractivity contribution in [1.82, 2.24) is 9.97 Å². The number of aliphatic hydroxyl groups is 1. The normalized spacial score (nSPS) is 10.9. The topological polar surface area (TPSA) is 52.1 Å². The van der Waals surface area contributed by atoms with Crippen molar-refractivity contribution < 1.29 is 5.11 Å². The summed E-state index contributed by atoms with van der Waals surface area (Å²) >= 11 is 0. The largest absolute Gasteiger partial charge is 0.395 e. The lowest BCUT2D eigenvalue weighted by molar-refractivity contribution is 0.301. The first-order valence-electron chi connectivity index (χ1n) is 7.21. The predicted molar refractivity (Wildman–Crippen MR) is 85.5 cm³/mol. The number of aromatic nitrogens is 2. The van der Waals surface area contributed by atoms with Gasteiger partial charge in [-0.05, 0) is 24.1 Å². The Bertz CT molecular complexity index is 660. The van der Waals surface area contributed by atoms with Gasteiger partial charge in [-0.2, -0.15) is 0 Å². The molecular formula is C17H19N3O. The van der Waals surface area contributed by atoms with E-state index >= 15 is 0 Å². The summed E-state index contributed by atoms with van der Waals surface area (Å²) in [6.45, 7) is 1.52. The summed E-state index contributed by atoms with van der Waals surface area (Å²) in [7, 11) is 0. The van der Waals surface area contributed by atoms with Crippen molar-refractivity contribution in [3.63, 3.8) is 0 Å². The maximum atomic E-state index is 9.29. The number of H-pyrrole nitrogens is 1. The number of nitrogens with one attached hydrogen (secondary N) is 1. The Kier molecular flexibility index (Phi) is 4.17. The van der Waals surface area contributed by atoms with E-state index in [1.807, 2.05) is 42.5 Å². The number of hydrogen-bond donors (Lipinski definition) is 2. The highest BCUT2D eigenvalue weighted by molar-refractivity contribution is 5.77. The highest BCUT2D eigenvalue weighted by Gasteiger charge is 2.10. The maximum absolute atomic E-state index is 9.29. The molecule has 4 nitrogen and oxygen atoms in total. The molecule has 1 aromatic heterocycles. The number of fused-ring (bicyclic) bond motifs is 1. The number of para-hydroxylation sites is 2. The van der Waals surface area contributed by atoms with Crippen LogP contribution in [0.3, 0.4) is 0 Å². The van der Waals surface area contributed by atoms with Gasteiger partial charge in [0, 0.05) is 13.1 Å². The minimum Gasteiger partial charge on any atom is -0.395 e. The average Bonchev–Trinajstić information content (AvgIpc) is 2.96. The van der Waals surface area contributed by atoms with Gasteiger partial charge < -0.3 is 15.0 Å². The molecule has 3 rings (SSSR count). The van der Waals surface area contributed by atoms with E-state index < -0.39 is 0 Å². The molecule has 3 aromatic rings. The SMILES string of the molecule is OCCN(CCc1ccccc1)c1nc2ccccc2[nH]1. The summed E-state index contributed by atoms with van der Waals surface area (Å²) in [4.78, 5) is 10.0. The second-order valence-corrected chi connectivity index (χ2v) is 5.02. The quantitative estimate of drug-likeness (QED) is 0.730. The van der Waals surface area contributed by atoms with E-state index in [-0.39, 0.29) is 6.61 Å². The van der Waals surface area contributed by atoms with Crippen LogP contribution >= 0.6 is 0 Å². The molecule has 4 heteroatoms. The number of aliphatic hydroxyl groups excluding tert-OH is 1. The summed E-state index contributed by atoms with van der Waals surface area (Å²) < 4.78 is 0. The molecule has 0 saturated carbocycles. The molecule has 0 atom stereocenters. The molecule has 0 amide bonds. The summed E-state index contributed by atoms with van der Waals surface area (Å²) in [5, 5.41) is 9.29. The fourth-order valence-electron chi connectivity index (χ4n) is 2.44. The number of hydrogen-bond acceptors (Lipinski definition) is 3. The number of imidazole rings is 1. The Morgan fingerprint density at radius 1 is 0.952 bits per heavy atom. The third kappa shape index (κ3) is 3.23. The van der Waals surface area contributed by atoms with Crippen LogP contribution in [0.2, 0.25) is 0 Å². The number of rotatable bonds is 6. The minimum atomic E-state index is 0.117. The summed E-state index contributed by atoms with van der Waals surface area (Å²) in [5.41, 5.74) is 3.27. The highest BCUT2D eigenvalue weighted by Crippen LogP contribution is 2.17. The van der Waals surface area contributed by atoms with Crippen LogP contribution in [0.5, 0.6) is 0 Å². The zero-order valence-electron chi connectivity index (χ0n) is 11.9. The van der Waals surface area contributed by atoms with E-state index in [0.717, 1.165) is 29.9 Å². The second-order valence-electron chi connectivity index (χ2n) is 5.02.